The predicted octanol–water partition coefficient (Wildman–Crippen LogP) is 2.52. The minimum Gasteiger partial charge on any atom is -0.496 e. The van der Waals surface area contributed by atoms with Gasteiger partial charge >= 0.3 is 0 Å². The molecular weight excluding hydrogens is 254 g/mol. The highest BCUT2D eigenvalue weighted by atomic mass is 16.5. The van der Waals surface area contributed by atoms with E-state index in [4.69, 9.17) is 9.26 Å². The Hall–Kier alpha value is -1.88. The summed E-state index contributed by atoms with van der Waals surface area (Å²) in [5.74, 6) is 2.50. The first-order valence-electron chi connectivity index (χ1n) is 6.97. The molecule has 0 atom stereocenters. The van der Waals surface area contributed by atoms with Crippen LogP contribution in [0.4, 0.5) is 0 Å². The van der Waals surface area contributed by atoms with Gasteiger partial charge in [0.1, 0.15) is 5.75 Å². The fourth-order valence-electron chi connectivity index (χ4n) is 2.56. The van der Waals surface area contributed by atoms with E-state index in [0.717, 1.165) is 48.7 Å². The number of hydrogen-bond acceptors (Lipinski definition) is 5. The van der Waals surface area contributed by atoms with Crippen molar-refractivity contribution in [3.05, 3.63) is 29.7 Å². The van der Waals surface area contributed by atoms with Crippen LogP contribution in [0.15, 0.2) is 22.7 Å². The number of nitrogens with zero attached hydrogens (tertiary/aromatic N) is 2. The van der Waals surface area contributed by atoms with Gasteiger partial charge in [0.2, 0.25) is 11.7 Å². The summed E-state index contributed by atoms with van der Waals surface area (Å²) < 4.78 is 10.8. The molecule has 0 aliphatic carbocycles. The molecule has 2 aromatic rings. The van der Waals surface area contributed by atoms with Gasteiger partial charge in [0, 0.05) is 5.92 Å². The predicted molar refractivity (Wildman–Crippen MR) is 75.9 cm³/mol. The standard InChI is InChI=1S/C15H19N3O2/c1-10-3-4-12(13(9-10)19-2)14-17-15(20-18-14)11-5-7-16-8-6-11/h3-4,9,11,16H,5-8H2,1-2H3. The summed E-state index contributed by atoms with van der Waals surface area (Å²) in [7, 11) is 1.66. The zero-order valence-electron chi connectivity index (χ0n) is 11.8. The van der Waals surface area contributed by atoms with Crippen molar-refractivity contribution in [2.75, 3.05) is 20.2 Å². The van der Waals surface area contributed by atoms with Gasteiger partial charge < -0.3 is 14.6 Å². The Kier molecular flexibility index (Phi) is 3.69. The molecule has 1 saturated heterocycles. The molecule has 0 amide bonds. The SMILES string of the molecule is COc1cc(C)ccc1-c1noc(C2CCNCC2)n1. The Bertz CT molecular complexity index is 589. The van der Waals surface area contributed by atoms with Gasteiger partial charge in [0.25, 0.3) is 0 Å². The zero-order valence-corrected chi connectivity index (χ0v) is 11.8. The van der Waals surface area contributed by atoms with Crippen LogP contribution in [0, 0.1) is 6.92 Å². The van der Waals surface area contributed by atoms with Gasteiger partial charge in [0.05, 0.1) is 12.7 Å². The van der Waals surface area contributed by atoms with E-state index in [2.05, 4.69) is 15.5 Å². The maximum atomic E-state index is 5.44. The normalized spacial score (nSPS) is 16.3. The minimum atomic E-state index is 0.369. The van der Waals surface area contributed by atoms with Crippen LogP contribution < -0.4 is 10.1 Å². The number of rotatable bonds is 3. The van der Waals surface area contributed by atoms with Crippen molar-refractivity contribution >= 4 is 0 Å². The number of piperidine rings is 1. The van der Waals surface area contributed by atoms with Crippen molar-refractivity contribution in [3.8, 4) is 17.1 Å². The molecule has 1 aromatic carbocycles. The smallest absolute Gasteiger partial charge is 0.230 e. The molecule has 0 saturated carbocycles. The molecule has 0 radical (unpaired) electrons. The fourth-order valence-corrected chi connectivity index (χ4v) is 2.56. The monoisotopic (exact) mass is 273 g/mol. The van der Waals surface area contributed by atoms with Crippen LogP contribution in [0.3, 0.4) is 0 Å². The lowest BCUT2D eigenvalue weighted by Gasteiger charge is -2.18. The highest BCUT2D eigenvalue weighted by molar-refractivity contribution is 5.64. The molecule has 1 aromatic heterocycles. The van der Waals surface area contributed by atoms with E-state index in [1.807, 2.05) is 25.1 Å². The third-order valence-corrected chi connectivity index (χ3v) is 3.73. The fraction of sp³-hybridized carbons (Fsp3) is 0.467. The second kappa shape index (κ2) is 5.63. The van der Waals surface area contributed by atoms with Crippen molar-refractivity contribution in [1.82, 2.24) is 15.5 Å². The molecule has 1 N–H and O–H groups in total. The number of hydrogen-bond donors (Lipinski definition) is 1. The molecule has 0 unspecified atom stereocenters. The Balaban J connectivity index is 1.89. The lowest BCUT2D eigenvalue weighted by atomic mass is 9.98. The second-order valence-corrected chi connectivity index (χ2v) is 5.18. The van der Waals surface area contributed by atoms with Crippen molar-refractivity contribution in [2.45, 2.75) is 25.7 Å². The van der Waals surface area contributed by atoms with Crippen LogP contribution in [0.25, 0.3) is 11.4 Å². The Labute approximate surface area is 118 Å². The third kappa shape index (κ3) is 2.54. The lowest BCUT2D eigenvalue weighted by Crippen LogP contribution is -2.26. The molecule has 0 spiro atoms. The van der Waals surface area contributed by atoms with Gasteiger partial charge in [-0.2, -0.15) is 4.98 Å². The number of ether oxygens (including phenoxy) is 1. The van der Waals surface area contributed by atoms with E-state index in [1.165, 1.54) is 0 Å². The molecule has 0 bridgehead atoms. The van der Waals surface area contributed by atoms with Crippen LogP contribution in [0.1, 0.15) is 30.2 Å². The molecule has 3 rings (SSSR count). The highest BCUT2D eigenvalue weighted by Gasteiger charge is 2.22. The van der Waals surface area contributed by atoms with E-state index in [0.29, 0.717) is 11.7 Å². The molecule has 1 fully saturated rings. The van der Waals surface area contributed by atoms with Crippen LogP contribution in [0.2, 0.25) is 0 Å². The van der Waals surface area contributed by atoms with Crippen molar-refractivity contribution in [1.29, 1.82) is 0 Å². The summed E-state index contributed by atoms with van der Waals surface area (Å²) in [5, 5.41) is 7.45. The summed E-state index contributed by atoms with van der Waals surface area (Å²) in [6, 6.07) is 5.99. The summed E-state index contributed by atoms with van der Waals surface area (Å²) in [5.41, 5.74) is 2.02. The number of aromatic nitrogens is 2. The van der Waals surface area contributed by atoms with Gasteiger partial charge in [-0.1, -0.05) is 11.2 Å². The van der Waals surface area contributed by atoms with E-state index in [9.17, 15) is 0 Å². The van der Waals surface area contributed by atoms with Crippen LogP contribution in [-0.4, -0.2) is 30.3 Å². The van der Waals surface area contributed by atoms with Crippen molar-refractivity contribution in [2.24, 2.45) is 0 Å². The largest absolute Gasteiger partial charge is 0.496 e. The Morgan fingerprint density at radius 3 is 2.85 bits per heavy atom. The average molecular weight is 273 g/mol. The van der Waals surface area contributed by atoms with E-state index >= 15 is 0 Å². The van der Waals surface area contributed by atoms with Crippen molar-refractivity contribution in [3.63, 3.8) is 0 Å². The lowest BCUT2D eigenvalue weighted by molar-refractivity contribution is 0.320. The molecule has 106 valence electrons. The maximum Gasteiger partial charge on any atom is 0.230 e. The van der Waals surface area contributed by atoms with Gasteiger partial charge in [-0.05, 0) is 50.6 Å². The number of methoxy groups -OCH3 is 1. The average Bonchev–Trinajstić information content (AvgIpc) is 2.97. The van der Waals surface area contributed by atoms with E-state index in [1.54, 1.807) is 7.11 Å². The molecule has 2 heterocycles. The van der Waals surface area contributed by atoms with E-state index < -0.39 is 0 Å². The molecular formula is C15H19N3O2. The highest BCUT2D eigenvalue weighted by Crippen LogP contribution is 2.31. The Morgan fingerprint density at radius 1 is 1.30 bits per heavy atom. The molecule has 5 nitrogen and oxygen atoms in total. The molecule has 5 heteroatoms. The second-order valence-electron chi connectivity index (χ2n) is 5.18. The van der Waals surface area contributed by atoms with Gasteiger partial charge in [-0.25, -0.2) is 0 Å². The zero-order chi connectivity index (χ0) is 13.9. The number of nitrogens with one attached hydrogen (secondary N) is 1. The molecule has 1 aliphatic heterocycles. The maximum absolute atomic E-state index is 5.44. The van der Waals surface area contributed by atoms with Gasteiger partial charge in [-0.3, -0.25) is 0 Å². The van der Waals surface area contributed by atoms with Crippen LogP contribution in [0.5, 0.6) is 5.75 Å². The number of aryl methyl sites for hydroxylation is 1. The van der Waals surface area contributed by atoms with E-state index in [-0.39, 0.29) is 0 Å². The quantitative estimate of drug-likeness (QED) is 0.931. The molecule has 20 heavy (non-hydrogen) atoms. The first-order chi connectivity index (χ1) is 9.78. The summed E-state index contributed by atoms with van der Waals surface area (Å²) in [6.07, 6.45) is 2.10. The van der Waals surface area contributed by atoms with Crippen LogP contribution in [-0.2, 0) is 0 Å². The first kappa shape index (κ1) is 13.1. The summed E-state index contributed by atoms with van der Waals surface area (Å²) in [6.45, 7) is 4.05. The minimum absolute atomic E-state index is 0.369. The van der Waals surface area contributed by atoms with Crippen LogP contribution >= 0.6 is 0 Å². The first-order valence-corrected chi connectivity index (χ1v) is 6.97. The van der Waals surface area contributed by atoms with Gasteiger partial charge in [-0.15, -0.1) is 0 Å². The third-order valence-electron chi connectivity index (χ3n) is 3.73. The summed E-state index contributed by atoms with van der Waals surface area (Å²) in [4.78, 5) is 4.56. The topological polar surface area (TPSA) is 60.2 Å². The Morgan fingerprint density at radius 2 is 2.10 bits per heavy atom. The number of benzene rings is 1. The summed E-state index contributed by atoms with van der Waals surface area (Å²) >= 11 is 0. The van der Waals surface area contributed by atoms with Gasteiger partial charge in [0.15, 0.2) is 0 Å². The van der Waals surface area contributed by atoms with Crippen molar-refractivity contribution < 1.29 is 9.26 Å². The molecule has 1 aliphatic rings.